The van der Waals surface area contributed by atoms with Crippen LogP contribution in [0.5, 0.6) is 0 Å². The smallest absolute Gasteiger partial charge is 0.358 e. The van der Waals surface area contributed by atoms with Crippen LogP contribution < -0.4 is 4.72 Å². The molecule has 0 radical (unpaired) electrons. The normalized spacial score (nSPS) is 19.3. The molecule has 1 aliphatic carbocycles. The van der Waals surface area contributed by atoms with E-state index in [0.29, 0.717) is 12.8 Å². The Bertz CT molecular complexity index is 475. The first kappa shape index (κ1) is 16.3. The van der Waals surface area contributed by atoms with Crippen LogP contribution in [-0.4, -0.2) is 40.3 Å². The number of halogens is 1. The summed E-state index contributed by atoms with van der Waals surface area (Å²) in [6.07, 6.45) is 3.39. The molecule has 0 spiro atoms. The van der Waals surface area contributed by atoms with Crippen LogP contribution in [0, 0.1) is 0 Å². The third-order valence-corrected chi connectivity index (χ3v) is 4.60. The van der Waals surface area contributed by atoms with Gasteiger partial charge >= 0.3 is 11.5 Å². The first-order valence-electron chi connectivity index (χ1n) is 5.78. The summed E-state index contributed by atoms with van der Waals surface area (Å²) in [5.41, 5.74) is -2.91. The number of carbonyl (C=O) groups excluding carboxylic acids is 1. The molecule has 7 nitrogen and oxygen atoms in total. The predicted molar refractivity (Wildman–Crippen MR) is 65.1 cm³/mol. The third kappa shape index (κ3) is 5.41. The second kappa shape index (κ2) is 7.15. The van der Waals surface area contributed by atoms with Gasteiger partial charge in [0, 0.05) is 0 Å². The zero-order valence-corrected chi connectivity index (χ0v) is 11.8. The molecular weight excluding hydrogens is 301 g/mol. The summed E-state index contributed by atoms with van der Waals surface area (Å²) < 4.78 is 62.7. The second-order valence-electron chi connectivity index (χ2n) is 4.19. The van der Waals surface area contributed by atoms with E-state index in [2.05, 4.69) is 0 Å². The Morgan fingerprint density at radius 2 is 1.89 bits per heavy atom. The molecule has 1 atom stereocenters. The van der Waals surface area contributed by atoms with E-state index < -0.39 is 44.2 Å². The van der Waals surface area contributed by atoms with Crippen molar-refractivity contribution in [2.75, 3.05) is 5.88 Å². The van der Waals surface area contributed by atoms with E-state index in [9.17, 15) is 26.0 Å². The molecule has 0 aliphatic heterocycles. The lowest BCUT2D eigenvalue weighted by Crippen LogP contribution is -2.39. The van der Waals surface area contributed by atoms with E-state index in [-0.39, 0.29) is 0 Å². The van der Waals surface area contributed by atoms with Gasteiger partial charge in [-0.05, 0) is 25.7 Å². The monoisotopic (exact) mass is 317 g/mol. The minimum atomic E-state index is -4.68. The molecule has 1 rings (SSSR count). The molecule has 1 aliphatic rings. The van der Waals surface area contributed by atoms with E-state index in [4.69, 9.17) is 4.74 Å². The van der Waals surface area contributed by atoms with Crippen molar-refractivity contribution < 1.29 is 30.8 Å². The average Bonchev–Trinajstić information content (AvgIpc) is 2.36. The molecular formula is C9H16FNO6S2. The van der Waals surface area contributed by atoms with Gasteiger partial charge in [0.05, 0.1) is 0 Å². The topological polar surface area (TPSA) is 107 Å². The van der Waals surface area contributed by atoms with Crippen LogP contribution in [0.15, 0.2) is 0 Å². The number of hydrogen-bond donors (Lipinski definition) is 2. The van der Waals surface area contributed by atoms with Crippen LogP contribution in [0.1, 0.15) is 32.1 Å². The van der Waals surface area contributed by atoms with Crippen molar-refractivity contribution in [2.45, 2.75) is 43.7 Å². The number of thiol groups is 1. The lowest BCUT2D eigenvalue weighted by atomic mass is 9.98. The molecule has 10 heteroatoms. The summed E-state index contributed by atoms with van der Waals surface area (Å²) in [5.74, 6) is -2.45. The molecule has 0 bridgehead atoms. The van der Waals surface area contributed by atoms with Crippen LogP contribution in [-0.2, 0) is 30.3 Å². The number of rotatable bonds is 6. The molecule has 1 saturated carbocycles. The maximum absolute atomic E-state index is 13.5. The standard InChI is InChI=1S/C9H16FNO6S2/c10-8(19(15,16)11-6-18(13)14)9(12)17-7-4-2-1-3-5-7/h7-8,11,18H,1-6H2. The van der Waals surface area contributed by atoms with Gasteiger partial charge in [0.25, 0.3) is 10.0 Å². The predicted octanol–water partition coefficient (Wildman–Crippen LogP) is -0.354. The van der Waals surface area contributed by atoms with Crippen molar-refractivity contribution in [3.8, 4) is 0 Å². The van der Waals surface area contributed by atoms with Gasteiger partial charge in [0.15, 0.2) is 10.7 Å². The Morgan fingerprint density at radius 3 is 2.42 bits per heavy atom. The maximum Gasteiger partial charge on any atom is 0.358 e. The number of sulfonamides is 1. The zero-order valence-electron chi connectivity index (χ0n) is 10.1. The number of alkyl halides is 1. The fourth-order valence-electron chi connectivity index (χ4n) is 1.74. The molecule has 1 fully saturated rings. The quantitative estimate of drug-likeness (QED) is 0.512. The first-order valence-corrected chi connectivity index (χ1v) is 8.68. The Labute approximate surface area is 112 Å². The van der Waals surface area contributed by atoms with Crippen LogP contribution >= 0.6 is 0 Å². The number of ether oxygens (including phenoxy) is 1. The number of nitrogens with one attached hydrogen (secondary N) is 1. The number of carbonyl (C=O) groups is 1. The highest BCUT2D eigenvalue weighted by molar-refractivity contribution is 7.91. The average molecular weight is 317 g/mol. The summed E-state index contributed by atoms with van der Waals surface area (Å²) in [7, 11) is -7.71. The zero-order chi connectivity index (χ0) is 14.5. The summed E-state index contributed by atoms with van der Waals surface area (Å²) in [6.45, 7) is 0. The summed E-state index contributed by atoms with van der Waals surface area (Å²) in [6, 6.07) is 0. The maximum atomic E-state index is 13.5. The number of esters is 1. The Kier molecular flexibility index (Phi) is 6.14. The van der Waals surface area contributed by atoms with Crippen LogP contribution in [0.25, 0.3) is 0 Å². The number of hydrogen-bond acceptors (Lipinski definition) is 6. The van der Waals surface area contributed by atoms with Gasteiger partial charge in [-0.1, -0.05) is 6.42 Å². The Hall–Kier alpha value is -0.740. The van der Waals surface area contributed by atoms with Gasteiger partial charge in [-0.15, -0.1) is 0 Å². The van der Waals surface area contributed by atoms with Gasteiger partial charge in [-0.2, -0.15) is 4.72 Å². The van der Waals surface area contributed by atoms with Crippen molar-refractivity contribution in [1.29, 1.82) is 0 Å². The van der Waals surface area contributed by atoms with Gasteiger partial charge < -0.3 is 4.74 Å². The highest BCUT2D eigenvalue weighted by atomic mass is 32.2. The van der Waals surface area contributed by atoms with E-state index >= 15 is 0 Å². The fraction of sp³-hybridized carbons (Fsp3) is 0.889. The van der Waals surface area contributed by atoms with Crippen molar-refractivity contribution in [1.82, 2.24) is 4.72 Å². The van der Waals surface area contributed by atoms with Crippen molar-refractivity contribution in [3.05, 3.63) is 0 Å². The molecule has 0 heterocycles. The Balaban J connectivity index is 2.54. The molecule has 0 aromatic carbocycles. The SMILES string of the molecule is O=C(OC1CCCCC1)C(F)S(=O)(=O)NC[SH](=O)=O. The molecule has 1 N–H and O–H groups in total. The molecule has 0 aromatic heterocycles. The lowest BCUT2D eigenvalue weighted by Gasteiger charge is -2.22. The summed E-state index contributed by atoms with van der Waals surface area (Å²) in [5, 5.41) is 0. The van der Waals surface area contributed by atoms with E-state index in [1.54, 1.807) is 0 Å². The van der Waals surface area contributed by atoms with Gasteiger partial charge in [-0.25, -0.2) is 26.0 Å². The summed E-state index contributed by atoms with van der Waals surface area (Å²) in [4.78, 5) is 11.3. The van der Waals surface area contributed by atoms with Gasteiger partial charge in [-0.3, -0.25) is 0 Å². The van der Waals surface area contributed by atoms with Crippen molar-refractivity contribution in [3.63, 3.8) is 0 Å². The van der Waals surface area contributed by atoms with Crippen molar-refractivity contribution >= 4 is 26.7 Å². The third-order valence-electron chi connectivity index (χ3n) is 2.69. The summed E-state index contributed by atoms with van der Waals surface area (Å²) >= 11 is 0. The fourth-order valence-corrected chi connectivity index (χ4v) is 3.34. The van der Waals surface area contributed by atoms with Crippen LogP contribution in [0.4, 0.5) is 4.39 Å². The minimum absolute atomic E-state index is 0.467. The van der Waals surface area contributed by atoms with Crippen molar-refractivity contribution in [2.24, 2.45) is 0 Å². The van der Waals surface area contributed by atoms with E-state index in [0.717, 1.165) is 19.3 Å². The highest BCUT2D eigenvalue weighted by Crippen LogP contribution is 2.21. The minimum Gasteiger partial charge on any atom is -0.459 e. The van der Waals surface area contributed by atoms with E-state index in [1.807, 2.05) is 0 Å². The highest BCUT2D eigenvalue weighted by Gasteiger charge is 2.35. The van der Waals surface area contributed by atoms with Crippen LogP contribution in [0.3, 0.4) is 0 Å². The molecule has 0 amide bonds. The van der Waals surface area contributed by atoms with Crippen LogP contribution in [0.2, 0.25) is 0 Å². The second-order valence-corrected chi connectivity index (χ2v) is 6.97. The first-order chi connectivity index (χ1) is 8.83. The van der Waals surface area contributed by atoms with Gasteiger partial charge in [0.2, 0.25) is 0 Å². The Morgan fingerprint density at radius 1 is 1.32 bits per heavy atom. The molecule has 112 valence electrons. The molecule has 0 saturated heterocycles. The van der Waals surface area contributed by atoms with Gasteiger partial charge in [0.1, 0.15) is 12.0 Å². The van der Waals surface area contributed by atoms with E-state index in [1.165, 1.54) is 4.72 Å². The largest absolute Gasteiger partial charge is 0.459 e. The lowest BCUT2D eigenvalue weighted by molar-refractivity contribution is -0.153. The molecule has 19 heavy (non-hydrogen) atoms. The molecule has 1 unspecified atom stereocenters. The molecule has 0 aromatic rings.